The maximum absolute atomic E-state index is 7.02. The van der Waals surface area contributed by atoms with Crippen LogP contribution in [-0.4, -0.2) is 0 Å². The van der Waals surface area contributed by atoms with Crippen molar-refractivity contribution in [2.75, 3.05) is 0 Å². The molecule has 200 valence electrons. The van der Waals surface area contributed by atoms with Crippen molar-refractivity contribution in [3.63, 3.8) is 0 Å². The molecule has 41 heavy (non-hydrogen) atoms. The second-order valence-electron chi connectivity index (χ2n) is 10.4. The first-order valence-corrected chi connectivity index (χ1v) is 14.2. The van der Waals surface area contributed by atoms with Gasteiger partial charge in [0.25, 0.3) is 0 Å². The Morgan fingerprint density at radius 1 is 0.390 bits per heavy atom. The Balaban J connectivity index is 1.69. The number of hydrogen-bond acceptors (Lipinski definition) is 1. The molecule has 6 aromatic carbocycles. The second kappa shape index (κ2) is 11.3. The number of ether oxygens (including phenoxy) is 1. The van der Waals surface area contributed by atoms with Crippen LogP contribution in [0.25, 0.3) is 43.1 Å². The van der Waals surface area contributed by atoms with Crippen LogP contribution in [-0.2, 0) is 25.7 Å². The minimum absolute atomic E-state index is 0.747. The van der Waals surface area contributed by atoms with E-state index in [4.69, 9.17) is 4.74 Å². The molecule has 0 radical (unpaired) electrons. The fraction of sp³-hybridized carbons (Fsp3) is 0.100. The molecule has 1 nitrogen and oxygen atoms in total. The van der Waals surface area contributed by atoms with E-state index >= 15 is 0 Å². The standard InChI is InChI=1S/C40H34O/c1-5-15-27-29-19-9-11-21-31(29)33(17-7-3)39-35(27)23-13-25-37(39)41-38-26-14-24-36-28(16-6-2)30-20-10-12-22-32(30)34(18-8-4)40(36)38/h5-14,19-26H,1-4,15-18H2. The highest BCUT2D eigenvalue weighted by molar-refractivity contribution is 6.10. The summed E-state index contributed by atoms with van der Waals surface area (Å²) in [7, 11) is 0. The van der Waals surface area contributed by atoms with Crippen molar-refractivity contribution in [3.8, 4) is 11.5 Å². The predicted molar refractivity (Wildman–Crippen MR) is 179 cm³/mol. The minimum Gasteiger partial charge on any atom is -0.456 e. The Bertz CT molecular complexity index is 1840. The number of rotatable bonds is 10. The lowest BCUT2D eigenvalue weighted by atomic mass is 9.88. The molecule has 0 heterocycles. The highest BCUT2D eigenvalue weighted by atomic mass is 16.5. The maximum atomic E-state index is 7.02. The predicted octanol–water partition coefficient (Wildman–Crippen LogP) is 11.0. The molecule has 0 aliphatic rings. The average Bonchev–Trinajstić information content (AvgIpc) is 3.00. The van der Waals surface area contributed by atoms with Gasteiger partial charge in [-0.15, -0.1) is 26.3 Å². The van der Waals surface area contributed by atoms with Gasteiger partial charge in [0, 0.05) is 10.8 Å². The Morgan fingerprint density at radius 2 is 0.707 bits per heavy atom. The fourth-order valence-corrected chi connectivity index (χ4v) is 6.50. The van der Waals surface area contributed by atoms with Crippen LogP contribution in [0.15, 0.2) is 136 Å². The van der Waals surface area contributed by atoms with Crippen molar-refractivity contribution in [1.82, 2.24) is 0 Å². The minimum atomic E-state index is 0.747. The summed E-state index contributed by atoms with van der Waals surface area (Å²) in [5.41, 5.74) is 5.01. The molecule has 0 aromatic heterocycles. The molecule has 0 bridgehead atoms. The quantitative estimate of drug-likeness (QED) is 0.126. The first-order valence-electron chi connectivity index (χ1n) is 14.2. The molecule has 0 aliphatic carbocycles. The van der Waals surface area contributed by atoms with Crippen molar-refractivity contribution >= 4 is 43.1 Å². The molecule has 0 aliphatic heterocycles. The summed E-state index contributed by atoms with van der Waals surface area (Å²) in [5.74, 6) is 1.71. The average molecular weight is 531 g/mol. The summed E-state index contributed by atoms with van der Waals surface area (Å²) in [5, 5.41) is 9.65. The van der Waals surface area contributed by atoms with Crippen molar-refractivity contribution < 1.29 is 4.74 Å². The van der Waals surface area contributed by atoms with Crippen LogP contribution in [0.3, 0.4) is 0 Å². The normalized spacial score (nSPS) is 11.2. The SMILES string of the molecule is C=CCc1c2ccccc2c(CC=C)c2c(Oc3cccc4c(CC=C)c5ccccc5c(CC=C)c34)cccc12. The van der Waals surface area contributed by atoms with Crippen LogP contribution >= 0.6 is 0 Å². The first-order chi connectivity index (χ1) is 20.2. The summed E-state index contributed by atoms with van der Waals surface area (Å²) >= 11 is 0. The van der Waals surface area contributed by atoms with Crippen molar-refractivity contribution in [2.24, 2.45) is 0 Å². The fourth-order valence-electron chi connectivity index (χ4n) is 6.50. The van der Waals surface area contributed by atoms with Crippen LogP contribution in [0, 0.1) is 0 Å². The zero-order valence-electron chi connectivity index (χ0n) is 23.5. The first kappa shape index (κ1) is 26.3. The number of allylic oxidation sites excluding steroid dienone is 4. The summed E-state index contributed by atoms with van der Waals surface area (Å²) < 4.78 is 7.02. The van der Waals surface area contributed by atoms with Gasteiger partial charge in [-0.2, -0.15) is 0 Å². The van der Waals surface area contributed by atoms with E-state index in [1.165, 1.54) is 54.6 Å². The Morgan fingerprint density at radius 3 is 1.07 bits per heavy atom. The van der Waals surface area contributed by atoms with E-state index in [0.717, 1.165) is 48.0 Å². The van der Waals surface area contributed by atoms with E-state index in [9.17, 15) is 0 Å². The van der Waals surface area contributed by atoms with E-state index in [2.05, 4.69) is 111 Å². The Hall–Kier alpha value is -4.88. The molecule has 6 aromatic rings. The Labute approximate surface area is 242 Å². The number of fused-ring (bicyclic) bond motifs is 4. The molecule has 0 fully saturated rings. The van der Waals surface area contributed by atoms with Gasteiger partial charge in [0.1, 0.15) is 11.5 Å². The molecule has 6 rings (SSSR count). The van der Waals surface area contributed by atoms with Gasteiger partial charge < -0.3 is 4.74 Å². The third kappa shape index (κ3) is 4.44. The van der Waals surface area contributed by atoms with Crippen molar-refractivity contribution in [1.29, 1.82) is 0 Å². The summed E-state index contributed by atoms with van der Waals surface area (Å²) in [6, 6.07) is 30.1. The molecule has 0 saturated carbocycles. The smallest absolute Gasteiger partial charge is 0.135 e. The summed E-state index contributed by atoms with van der Waals surface area (Å²) in [4.78, 5) is 0. The van der Waals surface area contributed by atoms with Gasteiger partial charge in [0.05, 0.1) is 0 Å². The van der Waals surface area contributed by atoms with Crippen molar-refractivity contribution in [2.45, 2.75) is 25.7 Å². The van der Waals surface area contributed by atoms with Gasteiger partial charge >= 0.3 is 0 Å². The van der Waals surface area contributed by atoms with Crippen LogP contribution < -0.4 is 4.74 Å². The largest absolute Gasteiger partial charge is 0.456 e. The van der Waals surface area contributed by atoms with Crippen LogP contribution in [0.2, 0.25) is 0 Å². The highest BCUT2D eigenvalue weighted by Gasteiger charge is 2.19. The molecule has 0 amide bonds. The molecule has 0 spiro atoms. The zero-order chi connectivity index (χ0) is 28.3. The third-order valence-electron chi connectivity index (χ3n) is 8.07. The van der Waals surface area contributed by atoms with E-state index in [0.29, 0.717) is 0 Å². The number of hydrogen-bond donors (Lipinski definition) is 0. The van der Waals surface area contributed by atoms with Gasteiger partial charge in [0.15, 0.2) is 0 Å². The van der Waals surface area contributed by atoms with Gasteiger partial charge in [0.2, 0.25) is 0 Å². The van der Waals surface area contributed by atoms with E-state index in [1.807, 2.05) is 24.3 Å². The van der Waals surface area contributed by atoms with Gasteiger partial charge in [-0.25, -0.2) is 0 Å². The van der Waals surface area contributed by atoms with Crippen LogP contribution in [0.1, 0.15) is 22.3 Å². The lowest BCUT2D eigenvalue weighted by molar-refractivity contribution is 0.493. The van der Waals surface area contributed by atoms with E-state index < -0.39 is 0 Å². The third-order valence-corrected chi connectivity index (χ3v) is 8.07. The summed E-state index contributed by atoms with van der Waals surface area (Å²) in [6.07, 6.45) is 11.0. The van der Waals surface area contributed by atoms with Gasteiger partial charge in [-0.05, 0) is 92.4 Å². The number of benzene rings is 6. The Kier molecular flexibility index (Phi) is 7.27. The molecule has 0 unspecified atom stereocenters. The highest BCUT2D eigenvalue weighted by Crippen LogP contribution is 2.44. The zero-order valence-corrected chi connectivity index (χ0v) is 23.5. The topological polar surface area (TPSA) is 9.23 Å². The van der Waals surface area contributed by atoms with E-state index in [1.54, 1.807) is 0 Å². The van der Waals surface area contributed by atoms with E-state index in [-0.39, 0.29) is 0 Å². The molecule has 1 heteroatoms. The summed E-state index contributed by atoms with van der Waals surface area (Å²) in [6.45, 7) is 16.3. The van der Waals surface area contributed by atoms with Gasteiger partial charge in [-0.1, -0.05) is 97.1 Å². The molecular formula is C40H34O. The van der Waals surface area contributed by atoms with Crippen molar-refractivity contribution in [3.05, 3.63) is 158 Å². The lowest BCUT2D eigenvalue weighted by Gasteiger charge is -2.21. The lowest BCUT2D eigenvalue weighted by Crippen LogP contribution is -1.99. The second-order valence-corrected chi connectivity index (χ2v) is 10.4. The monoisotopic (exact) mass is 530 g/mol. The van der Waals surface area contributed by atoms with Crippen LogP contribution in [0.5, 0.6) is 11.5 Å². The maximum Gasteiger partial charge on any atom is 0.135 e. The van der Waals surface area contributed by atoms with Crippen LogP contribution in [0.4, 0.5) is 0 Å². The molecule has 0 N–H and O–H groups in total. The molecule has 0 saturated heterocycles. The molecule has 0 atom stereocenters. The van der Waals surface area contributed by atoms with Gasteiger partial charge in [-0.3, -0.25) is 0 Å². The molecular weight excluding hydrogens is 496 g/mol.